The van der Waals surface area contributed by atoms with Crippen LogP contribution in [0.1, 0.15) is 87.2 Å². The van der Waals surface area contributed by atoms with Crippen LogP contribution in [0.2, 0.25) is 0 Å². The molecule has 1 unspecified atom stereocenters. The van der Waals surface area contributed by atoms with E-state index < -0.39 is 24.0 Å². The third-order valence-electron chi connectivity index (χ3n) is 10.7. The second kappa shape index (κ2) is 14.9. The molecule has 3 aliphatic heterocycles. The van der Waals surface area contributed by atoms with Gasteiger partial charge < -0.3 is 35.2 Å². The van der Waals surface area contributed by atoms with E-state index in [0.717, 1.165) is 62.7 Å². The summed E-state index contributed by atoms with van der Waals surface area (Å²) < 4.78 is 10.8. The molecule has 1 saturated heterocycles. The molecule has 2 aromatic heterocycles. The number of carbonyl (C=O) groups is 2. The number of methoxy groups -OCH3 is 1. The van der Waals surface area contributed by atoms with Gasteiger partial charge in [-0.15, -0.1) is 40.1 Å². The summed E-state index contributed by atoms with van der Waals surface area (Å²) in [5.41, 5.74) is 10.6. The van der Waals surface area contributed by atoms with Gasteiger partial charge in [-0.2, -0.15) is 5.70 Å². The van der Waals surface area contributed by atoms with E-state index in [1.165, 1.54) is 7.11 Å². The van der Waals surface area contributed by atoms with Crippen molar-refractivity contribution in [3.63, 3.8) is 0 Å². The van der Waals surface area contributed by atoms with Gasteiger partial charge in [0, 0.05) is 12.3 Å². The Labute approximate surface area is 310 Å². The van der Waals surface area contributed by atoms with Crippen LogP contribution in [0.15, 0.2) is 53.0 Å². The number of allylic oxidation sites excluding steroid dienone is 4. The van der Waals surface area contributed by atoms with Gasteiger partial charge in [0.15, 0.2) is 0 Å². The SMILES string of the molecule is C=C[C@@H]1C(C)=C2/C=C3\[N-]C(C4=c5[n-]/c(c(C)c5[C@@H](O)[C@@H]4C(=O)OC)=C\c4[n-]c(c(C)c4CC)/C=C/1[N-]2)[C@@H](CCC(=O)OCC=C(C)C)[C@@H]3C.[Mg+2]. The van der Waals surface area contributed by atoms with Crippen molar-refractivity contribution in [2.24, 2.45) is 23.7 Å². The molecule has 50 heavy (non-hydrogen) atoms. The summed E-state index contributed by atoms with van der Waals surface area (Å²) in [4.78, 5) is 36.5. The van der Waals surface area contributed by atoms with Gasteiger partial charge in [0.1, 0.15) is 12.5 Å². The Morgan fingerprint density at radius 1 is 1.04 bits per heavy atom. The van der Waals surface area contributed by atoms with E-state index in [9.17, 15) is 14.7 Å². The summed E-state index contributed by atoms with van der Waals surface area (Å²) in [5, 5.41) is 23.5. The first-order valence-corrected chi connectivity index (χ1v) is 17.2. The molecule has 5 heterocycles. The number of aromatic nitrogens is 2. The Morgan fingerprint density at radius 2 is 1.78 bits per heavy atom. The molecule has 0 saturated carbocycles. The van der Waals surface area contributed by atoms with Gasteiger partial charge in [0.2, 0.25) is 0 Å². The number of nitrogens with zero attached hydrogens (tertiary/aromatic N) is 4. The van der Waals surface area contributed by atoms with Crippen LogP contribution in [-0.4, -0.2) is 59.9 Å². The Bertz CT molecular complexity index is 1970. The summed E-state index contributed by atoms with van der Waals surface area (Å²) in [5.74, 6) is -2.17. The quantitative estimate of drug-likeness (QED) is 0.229. The summed E-state index contributed by atoms with van der Waals surface area (Å²) in [6.07, 6.45) is 10.1. The van der Waals surface area contributed by atoms with Crippen LogP contribution in [0.5, 0.6) is 0 Å². The van der Waals surface area contributed by atoms with Gasteiger partial charge in [0.05, 0.1) is 13.2 Å². The monoisotopic (exact) mass is 686 g/mol. The van der Waals surface area contributed by atoms with E-state index in [2.05, 4.69) is 40.3 Å². The Hall–Kier alpha value is -3.73. The van der Waals surface area contributed by atoms with Crippen molar-refractivity contribution in [2.75, 3.05) is 13.7 Å². The zero-order valence-electron chi connectivity index (χ0n) is 30.5. The fraction of sp³-hybridized carbons (Fsp3) is 0.450. The fourth-order valence-electron chi connectivity index (χ4n) is 7.88. The second-order valence-electron chi connectivity index (χ2n) is 13.8. The molecular formula is C40H46MgN4O5-2. The van der Waals surface area contributed by atoms with Gasteiger partial charge in [-0.05, 0) is 70.9 Å². The zero-order valence-corrected chi connectivity index (χ0v) is 31.9. The van der Waals surface area contributed by atoms with Crippen LogP contribution in [-0.2, 0) is 25.5 Å². The van der Waals surface area contributed by atoms with E-state index in [4.69, 9.17) is 30.1 Å². The predicted molar refractivity (Wildman–Crippen MR) is 196 cm³/mol. The first-order chi connectivity index (χ1) is 23.4. The van der Waals surface area contributed by atoms with Gasteiger partial charge in [-0.1, -0.05) is 77.6 Å². The molecule has 1 aliphatic carbocycles. The van der Waals surface area contributed by atoms with Crippen LogP contribution in [0.4, 0.5) is 0 Å². The molecule has 2 aromatic rings. The van der Waals surface area contributed by atoms with E-state index in [0.29, 0.717) is 28.3 Å². The molecule has 6 rings (SSSR count). The molecule has 8 bridgehead atoms. The van der Waals surface area contributed by atoms with Crippen molar-refractivity contribution in [3.8, 4) is 0 Å². The Balaban J connectivity index is 0.00000486. The van der Waals surface area contributed by atoms with Crippen molar-refractivity contribution in [2.45, 2.75) is 79.9 Å². The molecule has 0 radical (unpaired) electrons. The minimum absolute atomic E-state index is 0. The molecular weight excluding hydrogens is 641 g/mol. The summed E-state index contributed by atoms with van der Waals surface area (Å²) in [6, 6.07) is -0.536. The maximum absolute atomic E-state index is 13.5. The van der Waals surface area contributed by atoms with Crippen LogP contribution >= 0.6 is 0 Å². The topological polar surface area (TPSA) is 129 Å². The number of fused-ring (bicyclic) bond motifs is 8. The van der Waals surface area contributed by atoms with E-state index in [-0.39, 0.29) is 59.8 Å². The number of aliphatic hydroxyl groups is 1. The first-order valence-electron chi connectivity index (χ1n) is 17.2. The van der Waals surface area contributed by atoms with Crippen molar-refractivity contribution in [3.05, 3.63) is 108 Å². The van der Waals surface area contributed by atoms with E-state index in [1.54, 1.807) is 0 Å². The number of ether oxygens (including phenoxy) is 2. The van der Waals surface area contributed by atoms with Crippen molar-refractivity contribution in [1.29, 1.82) is 0 Å². The minimum atomic E-state index is -1.15. The van der Waals surface area contributed by atoms with Crippen molar-refractivity contribution < 1.29 is 24.2 Å². The van der Waals surface area contributed by atoms with Gasteiger partial charge in [0.25, 0.3) is 0 Å². The maximum Gasteiger partial charge on any atom is 2.00 e. The number of rotatable bonds is 8. The summed E-state index contributed by atoms with van der Waals surface area (Å²) >= 11 is 0. The van der Waals surface area contributed by atoms with Crippen LogP contribution < -0.4 is 20.7 Å². The average molecular weight is 687 g/mol. The maximum atomic E-state index is 13.5. The second-order valence-corrected chi connectivity index (χ2v) is 13.8. The Kier molecular flexibility index (Phi) is 11.1. The third kappa shape index (κ3) is 6.46. The van der Waals surface area contributed by atoms with E-state index in [1.807, 2.05) is 45.1 Å². The summed E-state index contributed by atoms with van der Waals surface area (Å²) in [7, 11) is 1.33. The molecule has 10 heteroatoms. The number of aliphatic hydroxyl groups excluding tert-OH is 1. The smallest absolute Gasteiger partial charge is 0.681 e. The Morgan fingerprint density at radius 3 is 2.44 bits per heavy atom. The first kappa shape index (κ1) is 37.5. The summed E-state index contributed by atoms with van der Waals surface area (Å²) in [6.45, 7) is 18.6. The standard InChI is InChI=1S/C40H46N4O5.Mg/c1-10-24-20(5)27-16-29-22(7)26(12-13-33(45)49-15-14-19(3)4)37(43-29)35-36(40(47)48-9)39(46)34-23(8)30(44-38(34)35)18-32-25(11-2)21(6)28(42-32)17-31(24)41-27;/h10,14,16-18,22,24,26,36-37,39,46H,1,11-13,15H2,2-9H3;/q-4;+2/b29-16-,30-18-,31-17-;/t22-,24+,26-,36+,37?,39+;/m0./s1. The molecule has 0 amide bonds. The average Bonchev–Trinajstić information content (AvgIpc) is 3.80. The molecule has 4 aliphatic rings. The van der Waals surface area contributed by atoms with Crippen LogP contribution in [0.25, 0.3) is 28.4 Å². The third-order valence-corrected chi connectivity index (χ3v) is 10.7. The van der Waals surface area contributed by atoms with Crippen LogP contribution in [0.3, 0.4) is 0 Å². The van der Waals surface area contributed by atoms with Gasteiger partial charge >= 0.3 is 35.0 Å². The zero-order chi connectivity index (χ0) is 35.3. The number of carbonyl (C=O) groups excluding carboxylic acids is 2. The minimum Gasteiger partial charge on any atom is -0.681 e. The normalized spacial score (nSPS) is 27.5. The number of esters is 2. The molecule has 1 N–H and O–H groups in total. The molecule has 0 aromatic carbocycles. The number of hydrogen-bond donors (Lipinski definition) is 1. The van der Waals surface area contributed by atoms with Gasteiger partial charge in [-0.25, -0.2) is 0 Å². The molecule has 1 fully saturated rings. The van der Waals surface area contributed by atoms with Crippen LogP contribution in [0, 0.1) is 37.5 Å². The molecule has 0 spiro atoms. The van der Waals surface area contributed by atoms with Gasteiger partial charge in [-0.3, -0.25) is 9.59 Å². The van der Waals surface area contributed by atoms with Crippen molar-refractivity contribution in [1.82, 2.24) is 9.97 Å². The largest absolute Gasteiger partial charge is 2.00 e. The molecule has 6 atom stereocenters. The fourth-order valence-corrected chi connectivity index (χ4v) is 7.88. The van der Waals surface area contributed by atoms with Crippen molar-refractivity contribution >= 4 is 52.7 Å². The number of hydrogen-bond acceptors (Lipinski definition) is 5. The molecule has 9 nitrogen and oxygen atoms in total. The molecule has 260 valence electrons. The predicted octanol–water partition coefficient (Wildman–Crippen LogP) is 5.21. The van der Waals surface area contributed by atoms with E-state index >= 15 is 0 Å².